The van der Waals surface area contributed by atoms with Gasteiger partial charge in [-0.2, -0.15) is 0 Å². The van der Waals surface area contributed by atoms with Crippen molar-refractivity contribution in [2.24, 2.45) is 10.9 Å². The van der Waals surface area contributed by atoms with Crippen molar-refractivity contribution in [3.8, 4) is 6.57 Å². The van der Waals surface area contributed by atoms with Gasteiger partial charge in [0.25, 0.3) is 6.57 Å². The minimum absolute atomic E-state index is 0.332. The summed E-state index contributed by atoms with van der Waals surface area (Å²) in [5.41, 5.74) is 1.87. The number of rotatable bonds is 6. The number of amides is 2. The summed E-state index contributed by atoms with van der Waals surface area (Å²) in [5.74, 6) is -1.54. The van der Waals surface area contributed by atoms with Crippen LogP contribution >= 0.6 is 0 Å². The normalized spacial score (nSPS) is 27.0. The summed E-state index contributed by atoms with van der Waals surface area (Å²) < 4.78 is 0. The van der Waals surface area contributed by atoms with E-state index >= 15 is 0 Å². The van der Waals surface area contributed by atoms with Gasteiger partial charge in [-0.1, -0.05) is 48.5 Å². The molecule has 1 aliphatic heterocycles. The van der Waals surface area contributed by atoms with Crippen LogP contribution < -0.4 is 4.90 Å². The highest BCUT2D eigenvalue weighted by molar-refractivity contribution is 6.32. The zero-order valence-electron chi connectivity index (χ0n) is 17.7. The fourth-order valence-corrected chi connectivity index (χ4v) is 5.04. The zero-order chi connectivity index (χ0) is 21.7. The molecule has 2 aliphatic rings. The summed E-state index contributed by atoms with van der Waals surface area (Å²) in [5, 5.41) is 0. The molecule has 2 amide bonds. The molecule has 1 aliphatic carbocycles. The molecule has 3 atom stereocenters. The first-order valence-corrected chi connectivity index (χ1v) is 10.3. The van der Waals surface area contributed by atoms with E-state index in [-0.39, 0.29) is 5.91 Å². The van der Waals surface area contributed by atoms with Gasteiger partial charge in [-0.25, -0.2) is 4.90 Å². The number of carbonyl (C=O) groups excluding carboxylic acids is 2. The van der Waals surface area contributed by atoms with Crippen LogP contribution in [0.25, 0.3) is 4.85 Å². The van der Waals surface area contributed by atoms with Crippen molar-refractivity contribution in [2.75, 3.05) is 4.90 Å². The fraction of sp³-hybridized carbons (Fsp3) is 0.360. The molecule has 2 fully saturated rings. The predicted molar refractivity (Wildman–Crippen MR) is 119 cm³/mol. The maximum Gasteiger partial charge on any atom is 0.401 e. The molecule has 0 aromatic heterocycles. The number of carbonyl (C=O) groups is 2. The molecule has 152 valence electrons. The summed E-state index contributed by atoms with van der Waals surface area (Å²) >= 11 is 0. The summed E-state index contributed by atoms with van der Waals surface area (Å²) in [6.07, 6.45) is 3.21. The summed E-state index contributed by atoms with van der Waals surface area (Å²) in [4.78, 5) is 36.4. The van der Waals surface area contributed by atoms with Gasteiger partial charge in [-0.15, -0.1) is 0 Å². The molecule has 0 spiro atoms. The molecule has 2 aromatic carbocycles. The number of nitrogens with zero attached hydrogens (tertiary/aromatic N) is 3. The lowest BCUT2D eigenvalue weighted by molar-refractivity contribution is -0.124. The van der Waals surface area contributed by atoms with Crippen molar-refractivity contribution in [3.05, 3.63) is 69.6 Å². The number of piperidine rings is 1. The molecule has 0 radical (unpaired) electrons. The summed E-state index contributed by atoms with van der Waals surface area (Å²) in [6.45, 7) is 15.5. The number of hydrogen-bond donors (Lipinski definition) is 0. The van der Waals surface area contributed by atoms with E-state index in [1.807, 2.05) is 56.3 Å². The van der Waals surface area contributed by atoms with Gasteiger partial charge in [-0.05, 0) is 67.8 Å². The molecule has 4 rings (SSSR count). The molecule has 5 nitrogen and oxygen atoms in total. The summed E-state index contributed by atoms with van der Waals surface area (Å²) in [6, 6.07) is 13.5. The zero-order valence-corrected chi connectivity index (χ0v) is 17.7. The second-order valence-corrected chi connectivity index (χ2v) is 8.38. The number of anilines is 1. The van der Waals surface area contributed by atoms with Crippen LogP contribution in [0.2, 0.25) is 0 Å². The molecule has 0 bridgehead atoms. The first-order chi connectivity index (χ1) is 14.4. The Morgan fingerprint density at radius 1 is 1.13 bits per heavy atom. The average Bonchev–Trinajstić information content (AvgIpc) is 3.28. The van der Waals surface area contributed by atoms with E-state index in [0.29, 0.717) is 5.69 Å². The minimum Gasteiger partial charge on any atom is -0.279 e. The van der Waals surface area contributed by atoms with Crippen LogP contribution in [0.3, 0.4) is 0 Å². The minimum atomic E-state index is -1.44. The Hall–Kier alpha value is -3.26. The third-order valence-electron chi connectivity index (χ3n) is 6.46. The van der Waals surface area contributed by atoms with Crippen molar-refractivity contribution in [1.29, 1.82) is 0 Å². The Labute approximate surface area is 177 Å². The highest BCUT2D eigenvalue weighted by Gasteiger charge is 3.00. The van der Waals surface area contributed by atoms with Crippen LogP contribution in [0.4, 0.5) is 5.69 Å². The maximum absolute atomic E-state index is 13.5. The van der Waals surface area contributed by atoms with Crippen molar-refractivity contribution >= 4 is 24.2 Å². The third-order valence-corrected chi connectivity index (χ3v) is 6.46. The molecule has 1 saturated carbocycles. The fourth-order valence-electron chi connectivity index (χ4n) is 5.04. The third kappa shape index (κ3) is 2.43. The van der Waals surface area contributed by atoms with Crippen molar-refractivity contribution < 1.29 is 9.59 Å². The number of aliphatic imine (C=N–C) groups is 1. The van der Waals surface area contributed by atoms with Crippen molar-refractivity contribution in [1.82, 2.24) is 0 Å². The van der Waals surface area contributed by atoms with Crippen LogP contribution in [0.15, 0.2) is 47.5 Å². The molecule has 2 aromatic rings. The van der Waals surface area contributed by atoms with Crippen molar-refractivity contribution in [3.63, 3.8) is 0 Å². The van der Waals surface area contributed by atoms with Gasteiger partial charge in [-0.3, -0.25) is 14.6 Å². The number of aryl methyl sites for hydroxylation is 3. The van der Waals surface area contributed by atoms with E-state index in [2.05, 4.69) is 23.5 Å². The lowest BCUT2D eigenvalue weighted by Crippen LogP contribution is -2.43. The van der Waals surface area contributed by atoms with Gasteiger partial charge in [0.1, 0.15) is 0 Å². The van der Waals surface area contributed by atoms with Gasteiger partial charge in [0.2, 0.25) is 5.91 Å². The van der Waals surface area contributed by atoms with Gasteiger partial charge in [0.15, 0.2) is 11.5 Å². The van der Waals surface area contributed by atoms with Crippen LogP contribution in [-0.4, -0.2) is 24.1 Å². The van der Waals surface area contributed by atoms with Crippen LogP contribution in [0.1, 0.15) is 42.0 Å². The molecule has 0 N–H and O–H groups in total. The Kier molecular flexibility index (Phi) is 4.62. The quantitative estimate of drug-likeness (QED) is 0.531. The second kappa shape index (κ2) is 6.91. The standard InChI is InChI=1S/C25H26N3O2/c1-6-7-8-18-9-11-19(12-10-18)24(26-4)21-22(29)28(23(30)25(21,24)27-5)20-14-16(2)13-17(3)15-20/h5,9-15,21H,4,6-8H2,1-3H3/q+1/t21-,24-,25-/m1/s1. The highest BCUT2D eigenvalue weighted by atomic mass is 16.2. The smallest absolute Gasteiger partial charge is 0.279 e. The first-order valence-electron chi connectivity index (χ1n) is 10.3. The Balaban J connectivity index is 1.75. The Morgan fingerprint density at radius 2 is 1.77 bits per heavy atom. The van der Waals surface area contributed by atoms with Gasteiger partial charge in [0, 0.05) is 0 Å². The van der Waals surface area contributed by atoms with Crippen molar-refractivity contribution in [2.45, 2.75) is 51.1 Å². The van der Waals surface area contributed by atoms with E-state index in [9.17, 15) is 9.59 Å². The van der Waals surface area contributed by atoms with Crippen LogP contribution in [0.5, 0.6) is 0 Å². The lowest BCUT2D eigenvalue weighted by atomic mass is 9.95. The highest BCUT2D eigenvalue weighted by Crippen LogP contribution is 2.71. The van der Waals surface area contributed by atoms with Gasteiger partial charge >= 0.3 is 11.4 Å². The van der Waals surface area contributed by atoms with E-state index in [1.165, 1.54) is 10.5 Å². The van der Waals surface area contributed by atoms with Crippen LogP contribution in [-0.2, 0) is 21.5 Å². The van der Waals surface area contributed by atoms with E-state index in [1.54, 1.807) is 0 Å². The van der Waals surface area contributed by atoms with E-state index in [0.717, 1.165) is 36.0 Å². The first kappa shape index (κ1) is 20.0. The largest absolute Gasteiger partial charge is 0.401 e. The predicted octanol–water partition coefficient (Wildman–Crippen LogP) is 4.45. The average molecular weight is 401 g/mol. The number of benzene rings is 2. The Morgan fingerprint density at radius 3 is 2.27 bits per heavy atom. The number of unbranched alkanes of at least 4 members (excludes halogenated alkanes) is 1. The second-order valence-electron chi connectivity index (χ2n) is 8.38. The molecule has 1 heterocycles. The van der Waals surface area contributed by atoms with E-state index in [4.69, 9.17) is 6.57 Å². The molecular formula is C25H26N3O2+. The van der Waals surface area contributed by atoms with Gasteiger partial charge in [0.05, 0.1) is 5.69 Å². The number of fused-ring (bicyclic) bond motifs is 1. The monoisotopic (exact) mass is 400 g/mol. The SMILES string of the molecule is C#[N+][C@@]12C(=O)N(c3cc(C)cc(C)c3)C(=O)[C@@H]1[C@]2(N=C)c1ccc(CCCC)cc1. The topological polar surface area (TPSA) is 54.1 Å². The molecule has 0 unspecified atom stereocenters. The number of hydrogen-bond acceptors (Lipinski definition) is 3. The molecular weight excluding hydrogens is 374 g/mol. The van der Waals surface area contributed by atoms with E-state index < -0.39 is 22.9 Å². The molecule has 5 heteroatoms. The van der Waals surface area contributed by atoms with Gasteiger partial charge < -0.3 is 0 Å². The Bertz CT molecular complexity index is 1080. The molecule has 1 saturated heterocycles. The maximum atomic E-state index is 13.5. The van der Waals surface area contributed by atoms with Crippen LogP contribution in [0, 0.1) is 26.3 Å². The molecule has 30 heavy (non-hydrogen) atoms. The number of imide groups is 1. The summed E-state index contributed by atoms with van der Waals surface area (Å²) in [7, 11) is 0. The lowest BCUT2D eigenvalue weighted by Gasteiger charge is -2.22.